The minimum absolute atomic E-state index is 0.811. The van der Waals surface area contributed by atoms with E-state index in [1.54, 1.807) is 7.11 Å². The Hall–Kier alpha value is -0.420. The quantitative estimate of drug-likeness (QED) is 0.725. The van der Waals surface area contributed by atoms with Crippen molar-refractivity contribution in [1.82, 2.24) is 15.1 Å². The van der Waals surface area contributed by atoms with Gasteiger partial charge in [-0.3, -0.25) is 4.90 Å². The van der Waals surface area contributed by atoms with Gasteiger partial charge < -0.3 is 15.0 Å². The molecule has 0 aromatic carbocycles. The van der Waals surface area contributed by atoms with E-state index in [0.717, 1.165) is 19.7 Å². The van der Waals surface area contributed by atoms with E-state index in [2.05, 4.69) is 21.2 Å². The van der Waals surface area contributed by atoms with Crippen molar-refractivity contribution < 1.29 is 4.74 Å². The minimum Gasteiger partial charge on any atom is -0.380 e. The van der Waals surface area contributed by atoms with E-state index in [0.29, 0.717) is 0 Å². The first-order valence-electron chi connectivity index (χ1n) is 7.21. The zero-order valence-corrected chi connectivity index (χ0v) is 11.7. The normalized spacial score (nSPS) is 23.7. The topological polar surface area (TPSA) is 27.7 Å². The summed E-state index contributed by atoms with van der Waals surface area (Å²) in [5, 5.41) is 3.46. The molecule has 18 heavy (non-hydrogen) atoms. The molecule has 2 aliphatic heterocycles. The van der Waals surface area contributed by atoms with Crippen molar-refractivity contribution in [2.75, 3.05) is 66.1 Å². The zero-order chi connectivity index (χ0) is 12.6. The third kappa shape index (κ3) is 4.69. The van der Waals surface area contributed by atoms with Crippen molar-refractivity contribution in [2.24, 2.45) is 0 Å². The van der Waals surface area contributed by atoms with E-state index < -0.39 is 0 Å². The standard InChI is InChI=1S/C14H27N3O/c1-18-13-14-3-8-17(9-4-14)12-11-16-7-2-5-15-6-10-16/h3,15H,2,4-13H2,1H3. The molecule has 2 rings (SSSR count). The Bertz CT molecular complexity index is 260. The summed E-state index contributed by atoms with van der Waals surface area (Å²) in [6.45, 7) is 10.3. The van der Waals surface area contributed by atoms with Crippen LogP contribution in [0.5, 0.6) is 0 Å². The van der Waals surface area contributed by atoms with Crippen molar-refractivity contribution in [3.05, 3.63) is 11.6 Å². The number of methoxy groups -OCH3 is 1. The number of ether oxygens (including phenoxy) is 1. The second-order valence-corrected chi connectivity index (χ2v) is 5.29. The molecule has 4 heteroatoms. The van der Waals surface area contributed by atoms with Crippen LogP contribution in [0.3, 0.4) is 0 Å². The van der Waals surface area contributed by atoms with Gasteiger partial charge in [0.05, 0.1) is 6.61 Å². The number of nitrogens with zero attached hydrogens (tertiary/aromatic N) is 2. The third-order valence-corrected chi connectivity index (χ3v) is 3.88. The van der Waals surface area contributed by atoms with Gasteiger partial charge in [0, 0.05) is 46.4 Å². The van der Waals surface area contributed by atoms with Gasteiger partial charge in [0.2, 0.25) is 0 Å². The van der Waals surface area contributed by atoms with Gasteiger partial charge >= 0.3 is 0 Å². The molecule has 1 saturated heterocycles. The first kappa shape index (κ1) is 14.0. The van der Waals surface area contributed by atoms with Crippen molar-refractivity contribution >= 4 is 0 Å². The second-order valence-electron chi connectivity index (χ2n) is 5.29. The lowest BCUT2D eigenvalue weighted by Crippen LogP contribution is -2.38. The average molecular weight is 253 g/mol. The highest BCUT2D eigenvalue weighted by atomic mass is 16.5. The molecule has 0 amide bonds. The van der Waals surface area contributed by atoms with Crippen molar-refractivity contribution in [3.63, 3.8) is 0 Å². The third-order valence-electron chi connectivity index (χ3n) is 3.88. The monoisotopic (exact) mass is 253 g/mol. The Kier molecular flexibility index (Phi) is 6.14. The van der Waals surface area contributed by atoms with Gasteiger partial charge in [0.15, 0.2) is 0 Å². The number of nitrogens with one attached hydrogen (secondary N) is 1. The maximum Gasteiger partial charge on any atom is 0.0673 e. The molecule has 0 spiro atoms. The van der Waals surface area contributed by atoms with E-state index in [-0.39, 0.29) is 0 Å². The molecule has 4 nitrogen and oxygen atoms in total. The summed E-state index contributed by atoms with van der Waals surface area (Å²) >= 11 is 0. The van der Waals surface area contributed by atoms with Crippen LogP contribution < -0.4 is 5.32 Å². The molecule has 1 fully saturated rings. The van der Waals surface area contributed by atoms with E-state index in [1.807, 2.05) is 0 Å². The molecule has 0 atom stereocenters. The minimum atomic E-state index is 0.811. The van der Waals surface area contributed by atoms with Crippen LogP contribution in [0.4, 0.5) is 0 Å². The van der Waals surface area contributed by atoms with Crippen molar-refractivity contribution in [1.29, 1.82) is 0 Å². The average Bonchev–Trinajstić information content (AvgIpc) is 2.67. The molecule has 1 N–H and O–H groups in total. The SMILES string of the molecule is COCC1=CCN(CCN2CCCNCC2)CC1. The lowest BCUT2D eigenvalue weighted by molar-refractivity contribution is 0.198. The summed E-state index contributed by atoms with van der Waals surface area (Å²) in [4.78, 5) is 5.14. The molecule has 2 heterocycles. The van der Waals surface area contributed by atoms with Gasteiger partial charge in [-0.25, -0.2) is 0 Å². The second kappa shape index (κ2) is 7.89. The molecule has 2 aliphatic rings. The molecule has 0 aliphatic carbocycles. The molecule has 0 aromatic heterocycles. The summed E-state index contributed by atoms with van der Waals surface area (Å²) < 4.78 is 5.18. The van der Waals surface area contributed by atoms with E-state index >= 15 is 0 Å². The molecule has 0 saturated carbocycles. The lowest BCUT2D eigenvalue weighted by Gasteiger charge is -2.29. The van der Waals surface area contributed by atoms with Crippen LogP contribution in [0.25, 0.3) is 0 Å². The lowest BCUT2D eigenvalue weighted by atomic mass is 10.1. The van der Waals surface area contributed by atoms with Crippen LogP contribution in [-0.4, -0.2) is 75.9 Å². The Morgan fingerprint density at radius 3 is 2.83 bits per heavy atom. The van der Waals surface area contributed by atoms with E-state index in [9.17, 15) is 0 Å². The van der Waals surface area contributed by atoms with Crippen LogP contribution >= 0.6 is 0 Å². The zero-order valence-electron chi connectivity index (χ0n) is 11.7. The molecular formula is C14H27N3O. The molecule has 0 unspecified atom stereocenters. The molecule has 104 valence electrons. The highest BCUT2D eigenvalue weighted by Gasteiger charge is 2.13. The van der Waals surface area contributed by atoms with Crippen LogP contribution in [0, 0.1) is 0 Å². The predicted octanol–water partition coefficient (Wildman–Crippen LogP) is 0.560. The molecular weight excluding hydrogens is 226 g/mol. The van der Waals surface area contributed by atoms with Crippen molar-refractivity contribution in [3.8, 4) is 0 Å². The maximum atomic E-state index is 5.18. The summed E-state index contributed by atoms with van der Waals surface area (Å²) in [7, 11) is 1.78. The number of hydrogen-bond donors (Lipinski definition) is 1. The van der Waals surface area contributed by atoms with Crippen LogP contribution in [0.2, 0.25) is 0 Å². The summed E-state index contributed by atoms with van der Waals surface area (Å²) in [6, 6.07) is 0. The highest BCUT2D eigenvalue weighted by Crippen LogP contribution is 2.10. The van der Waals surface area contributed by atoms with Gasteiger partial charge in [-0.2, -0.15) is 0 Å². The number of hydrogen-bond acceptors (Lipinski definition) is 4. The molecule has 0 radical (unpaired) electrons. The highest BCUT2D eigenvalue weighted by molar-refractivity contribution is 5.07. The van der Waals surface area contributed by atoms with Crippen LogP contribution in [-0.2, 0) is 4.74 Å². The maximum absolute atomic E-state index is 5.18. The van der Waals surface area contributed by atoms with Gasteiger partial charge in [0.25, 0.3) is 0 Å². The smallest absolute Gasteiger partial charge is 0.0673 e. The fraction of sp³-hybridized carbons (Fsp3) is 0.857. The Morgan fingerprint density at radius 2 is 2.06 bits per heavy atom. The largest absolute Gasteiger partial charge is 0.380 e. The Morgan fingerprint density at radius 1 is 1.17 bits per heavy atom. The fourth-order valence-electron chi connectivity index (χ4n) is 2.68. The van der Waals surface area contributed by atoms with Crippen molar-refractivity contribution in [2.45, 2.75) is 12.8 Å². The fourth-order valence-corrected chi connectivity index (χ4v) is 2.68. The summed E-state index contributed by atoms with van der Waals surface area (Å²) in [6.07, 6.45) is 4.81. The van der Waals surface area contributed by atoms with Crippen LogP contribution in [0.15, 0.2) is 11.6 Å². The Balaban J connectivity index is 1.65. The first-order chi connectivity index (χ1) is 8.88. The number of rotatable bonds is 5. The van der Waals surface area contributed by atoms with Gasteiger partial charge in [-0.05, 0) is 31.5 Å². The predicted molar refractivity (Wildman–Crippen MR) is 74.9 cm³/mol. The first-order valence-corrected chi connectivity index (χ1v) is 7.21. The van der Waals surface area contributed by atoms with Crippen LogP contribution in [0.1, 0.15) is 12.8 Å². The molecule has 0 aromatic rings. The van der Waals surface area contributed by atoms with E-state index in [1.165, 1.54) is 57.7 Å². The summed E-state index contributed by atoms with van der Waals surface area (Å²) in [5.74, 6) is 0. The van der Waals surface area contributed by atoms with Gasteiger partial charge in [0.1, 0.15) is 0 Å². The molecule has 0 bridgehead atoms. The summed E-state index contributed by atoms with van der Waals surface area (Å²) in [5.41, 5.74) is 1.47. The Labute approximate surface area is 111 Å². The van der Waals surface area contributed by atoms with Gasteiger partial charge in [-0.1, -0.05) is 6.08 Å². The van der Waals surface area contributed by atoms with Gasteiger partial charge in [-0.15, -0.1) is 0 Å². The van der Waals surface area contributed by atoms with E-state index in [4.69, 9.17) is 4.74 Å².